The molecule has 230 valence electrons. The topological polar surface area (TPSA) is 59.6 Å². The summed E-state index contributed by atoms with van der Waals surface area (Å²) >= 11 is 0. The van der Waals surface area contributed by atoms with Gasteiger partial charge in [-0.3, -0.25) is 9.69 Å². The molecule has 5 nitrogen and oxygen atoms in total. The molecule has 2 aromatic carbocycles. The van der Waals surface area contributed by atoms with Gasteiger partial charge in [-0.25, -0.2) is 4.39 Å². The van der Waals surface area contributed by atoms with Crippen LogP contribution in [0.3, 0.4) is 0 Å². The smallest absolute Gasteiger partial charge is 0.237 e. The number of likely N-dealkylation sites (tertiary alicyclic amines) is 1. The second-order valence-electron chi connectivity index (χ2n) is 11.9. The number of aliphatic hydroxyl groups excluding tert-OH is 1. The van der Waals surface area contributed by atoms with Crippen LogP contribution in [0.1, 0.15) is 88.1 Å². The normalized spacial score (nSPS) is 14.4. The summed E-state index contributed by atoms with van der Waals surface area (Å²) in [4.78, 5) is 20.8. The molecule has 4 rings (SSSR count). The Kier molecular flexibility index (Phi) is 12.8. The fraction of sp³-hybridized carbons (Fsp3) is 0.432. The minimum absolute atomic E-state index is 0.00280. The van der Waals surface area contributed by atoms with Gasteiger partial charge in [-0.05, 0) is 105 Å². The molecule has 0 unspecified atom stereocenters. The lowest BCUT2D eigenvalue weighted by atomic mass is 9.87. The predicted octanol–water partition coefficient (Wildman–Crippen LogP) is 7.64. The number of terminal acetylenes is 1. The number of hydrogen-bond donors (Lipinski definition) is 2. The van der Waals surface area contributed by atoms with E-state index in [1.807, 2.05) is 0 Å². The van der Waals surface area contributed by atoms with Crippen LogP contribution in [0, 0.1) is 18.7 Å². The van der Waals surface area contributed by atoms with Gasteiger partial charge in [0, 0.05) is 29.7 Å². The van der Waals surface area contributed by atoms with Crippen molar-refractivity contribution < 1.29 is 14.3 Å². The van der Waals surface area contributed by atoms with Crippen LogP contribution in [-0.4, -0.2) is 58.6 Å². The minimum atomic E-state index is -0.296. The van der Waals surface area contributed by atoms with Crippen LogP contribution in [0.5, 0.6) is 0 Å². The molecular weight excluding hydrogens is 537 g/mol. The Morgan fingerprint density at radius 1 is 1.14 bits per heavy atom. The Bertz CT molecular complexity index is 1420. The van der Waals surface area contributed by atoms with Gasteiger partial charge >= 0.3 is 0 Å². The zero-order valence-corrected chi connectivity index (χ0v) is 26.5. The van der Waals surface area contributed by atoms with E-state index in [0.717, 1.165) is 37.9 Å². The van der Waals surface area contributed by atoms with Gasteiger partial charge in [0.25, 0.3) is 0 Å². The number of hydrogen-bond acceptors (Lipinski definition) is 3. The van der Waals surface area contributed by atoms with E-state index in [1.54, 1.807) is 17.0 Å². The quantitative estimate of drug-likeness (QED) is 0.180. The number of aromatic nitrogens is 1. The molecule has 1 amide bonds. The summed E-state index contributed by atoms with van der Waals surface area (Å²) in [7, 11) is 0. The average Bonchev–Trinajstić information content (AvgIpc) is 3.38. The van der Waals surface area contributed by atoms with Gasteiger partial charge in [0.1, 0.15) is 5.82 Å². The Balaban J connectivity index is 0.00000248. The van der Waals surface area contributed by atoms with E-state index in [9.17, 15) is 14.3 Å². The summed E-state index contributed by atoms with van der Waals surface area (Å²) in [6, 6.07) is 13.1. The third kappa shape index (κ3) is 8.92. The van der Waals surface area contributed by atoms with Gasteiger partial charge in [-0.1, -0.05) is 56.7 Å². The fourth-order valence-electron chi connectivity index (χ4n) is 6.01. The molecule has 2 N–H and O–H groups in total. The fourth-order valence-corrected chi connectivity index (χ4v) is 6.01. The van der Waals surface area contributed by atoms with Crippen molar-refractivity contribution in [2.24, 2.45) is 0 Å². The van der Waals surface area contributed by atoms with Crippen molar-refractivity contribution >= 4 is 22.4 Å². The molecule has 0 atom stereocenters. The van der Waals surface area contributed by atoms with Crippen LogP contribution in [-0.2, 0) is 11.3 Å². The zero-order valence-electron chi connectivity index (χ0n) is 26.5. The number of rotatable bonds is 11. The van der Waals surface area contributed by atoms with E-state index in [0.29, 0.717) is 24.9 Å². The molecule has 1 aromatic heterocycles. The Morgan fingerprint density at radius 3 is 2.40 bits per heavy atom. The van der Waals surface area contributed by atoms with E-state index in [4.69, 9.17) is 0 Å². The maximum absolute atomic E-state index is 13.3. The van der Waals surface area contributed by atoms with E-state index in [1.165, 1.54) is 51.0 Å². The highest BCUT2D eigenvalue weighted by Gasteiger charge is 2.25. The first-order valence-corrected chi connectivity index (χ1v) is 15.4. The standard InChI is InChI=1S/C35H46FN3O2.C2H2/c1-6-7-29(20-24(2)3)35-34(25(4)5)31-21-28(10-13-32(31)37-35)27-14-16-38(17-15-27)23-33(41)39(18-19-40)22-26-8-11-30(36)12-9-26;1-2/h7-13,20-21,25,27,37,40H,6,14-19,22-23H2,1-5H3;1-2H/b29-7+;. The Labute approximate surface area is 257 Å². The molecule has 0 aliphatic carbocycles. The highest BCUT2D eigenvalue weighted by atomic mass is 19.1. The first-order valence-electron chi connectivity index (χ1n) is 15.4. The molecule has 1 aliphatic rings. The first-order chi connectivity index (χ1) is 20.7. The number of nitrogens with one attached hydrogen (secondary N) is 1. The van der Waals surface area contributed by atoms with Crippen molar-refractivity contribution in [2.75, 3.05) is 32.8 Å². The number of carbonyl (C=O) groups is 1. The summed E-state index contributed by atoms with van der Waals surface area (Å²) in [5, 5.41) is 10.8. The molecule has 0 spiro atoms. The van der Waals surface area contributed by atoms with E-state index in [-0.39, 0.29) is 24.9 Å². The molecule has 2 heterocycles. The summed E-state index contributed by atoms with van der Waals surface area (Å²) in [6.07, 6.45) is 15.6. The Morgan fingerprint density at radius 2 is 1.81 bits per heavy atom. The summed E-state index contributed by atoms with van der Waals surface area (Å²) in [5.74, 6) is 0.553. The maximum Gasteiger partial charge on any atom is 0.237 e. The summed E-state index contributed by atoms with van der Waals surface area (Å²) < 4.78 is 13.3. The van der Waals surface area contributed by atoms with Crippen LogP contribution < -0.4 is 0 Å². The molecule has 1 fully saturated rings. The van der Waals surface area contributed by atoms with Gasteiger partial charge in [0.15, 0.2) is 0 Å². The van der Waals surface area contributed by atoms with Crippen molar-refractivity contribution in [2.45, 2.75) is 72.3 Å². The zero-order chi connectivity index (χ0) is 31.5. The van der Waals surface area contributed by atoms with Crippen LogP contribution in [0.25, 0.3) is 16.5 Å². The number of nitrogens with zero attached hydrogens (tertiary/aromatic N) is 2. The van der Waals surface area contributed by atoms with E-state index >= 15 is 0 Å². The monoisotopic (exact) mass is 585 g/mol. The van der Waals surface area contributed by atoms with E-state index in [2.05, 4.69) is 87.7 Å². The second kappa shape index (κ2) is 16.3. The minimum Gasteiger partial charge on any atom is -0.395 e. The summed E-state index contributed by atoms with van der Waals surface area (Å²) in [6.45, 7) is 13.6. The third-order valence-corrected chi connectivity index (χ3v) is 8.02. The van der Waals surface area contributed by atoms with Gasteiger partial charge < -0.3 is 15.0 Å². The van der Waals surface area contributed by atoms with Crippen LogP contribution in [0.4, 0.5) is 4.39 Å². The number of aromatic amines is 1. The molecular formula is C37H48FN3O2. The number of amides is 1. The molecule has 1 aliphatic heterocycles. The molecule has 0 bridgehead atoms. The number of benzene rings is 2. The number of carbonyl (C=O) groups excluding carboxylic acids is 1. The van der Waals surface area contributed by atoms with Crippen LogP contribution >= 0.6 is 0 Å². The molecule has 0 radical (unpaired) electrons. The van der Waals surface area contributed by atoms with Crippen LogP contribution in [0.15, 0.2) is 60.2 Å². The maximum atomic E-state index is 13.3. The number of H-pyrrole nitrogens is 1. The summed E-state index contributed by atoms with van der Waals surface area (Å²) in [5.41, 5.74) is 8.58. The van der Waals surface area contributed by atoms with Gasteiger partial charge in [-0.15, -0.1) is 12.8 Å². The van der Waals surface area contributed by atoms with Gasteiger partial charge in [-0.2, -0.15) is 0 Å². The second-order valence-corrected chi connectivity index (χ2v) is 11.9. The van der Waals surface area contributed by atoms with Crippen molar-refractivity contribution in [3.63, 3.8) is 0 Å². The largest absolute Gasteiger partial charge is 0.395 e. The molecule has 3 aromatic rings. The number of aliphatic hydroxyl groups is 1. The lowest BCUT2D eigenvalue weighted by molar-refractivity contribution is -0.133. The van der Waals surface area contributed by atoms with Crippen molar-refractivity contribution in [3.8, 4) is 12.8 Å². The van der Waals surface area contributed by atoms with Crippen LogP contribution in [0.2, 0.25) is 0 Å². The predicted molar refractivity (Wildman–Crippen MR) is 177 cm³/mol. The van der Waals surface area contributed by atoms with Gasteiger partial charge in [0.2, 0.25) is 5.91 Å². The molecule has 0 saturated carbocycles. The van der Waals surface area contributed by atoms with Crippen molar-refractivity contribution in [1.82, 2.24) is 14.8 Å². The first kappa shape index (κ1) is 33.8. The SMILES string of the molecule is C#C.CC/C=C(\C=C(C)C)c1[nH]c2ccc(C3CCN(CC(=O)N(CCO)Cc4ccc(F)cc4)CC3)cc2c1C(C)C. The number of halogens is 1. The van der Waals surface area contributed by atoms with E-state index < -0.39 is 0 Å². The lowest BCUT2D eigenvalue weighted by Gasteiger charge is -2.33. The number of fused-ring (bicyclic) bond motifs is 1. The molecule has 6 heteroatoms. The van der Waals surface area contributed by atoms with Crippen molar-refractivity contribution in [3.05, 3.63) is 88.4 Å². The number of allylic oxidation sites excluding steroid dienone is 4. The molecule has 1 saturated heterocycles. The lowest BCUT2D eigenvalue weighted by Crippen LogP contribution is -2.43. The van der Waals surface area contributed by atoms with Gasteiger partial charge in [0.05, 0.1) is 13.2 Å². The third-order valence-electron chi connectivity index (χ3n) is 8.02. The highest BCUT2D eigenvalue weighted by molar-refractivity contribution is 5.92. The highest BCUT2D eigenvalue weighted by Crippen LogP contribution is 2.37. The molecule has 43 heavy (non-hydrogen) atoms. The Hall–Kier alpha value is -3.66. The number of piperidine rings is 1. The van der Waals surface area contributed by atoms with Crippen molar-refractivity contribution in [1.29, 1.82) is 0 Å². The average molecular weight is 586 g/mol.